The van der Waals surface area contributed by atoms with Gasteiger partial charge in [-0.05, 0) is 67.6 Å². The van der Waals surface area contributed by atoms with Crippen LogP contribution >= 0.6 is 23.4 Å². The van der Waals surface area contributed by atoms with Gasteiger partial charge in [0.2, 0.25) is 0 Å². The van der Waals surface area contributed by atoms with E-state index in [1.807, 2.05) is 0 Å². The van der Waals surface area contributed by atoms with Crippen molar-refractivity contribution in [1.82, 2.24) is 15.2 Å². The molecule has 1 N–H and O–H groups in total. The fraction of sp³-hybridized carbons (Fsp3) is 0.238. The van der Waals surface area contributed by atoms with Gasteiger partial charge in [-0.25, -0.2) is 0 Å². The van der Waals surface area contributed by atoms with Gasteiger partial charge >= 0.3 is 0 Å². The number of imide groups is 1. The molecule has 0 spiro atoms. The van der Waals surface area contributed by atoms with Crippen molar-refractivity contribution in [1.29, 1.82) is 0 Å². The molecule has 1 saturated heterocycles. The molecular formula is C21H20ClN3O4S. The van der Waals surface area contributed by atoms with Crippen molar-refractivity contribution in [2.24, 2.45) is 0 Å². The van der Waals surface area contributed by atoms with Crippen LogP contribution in [0.4, 0.5) is 4.79 Å². The van der Waals surface area contributed by atoms with Crippen LogP contribution in [0.25, 0.3) is 6.08 Å². The van der Waals surface area contributed by atoms with Gasteiger partial charge in [0.15, 0.2) is 5.60 Å². The monoisotopic (exact) mass is 445 g/mol. The second-order valence-electron chi connectivity index (χ2n) is 6.94. The van der Waals surface area contributed by atoms with Crippen LogP contribution in [0.3, 0.4) is 0 Å². The zero-order valence-electron chi connectivity index (χ0n) is 16.4. The summed E-state index contributed by atoms with van der Waals surface area (Å²) < 4.78 is 5.73. The van der Waals surface area contributed by atoms with Gasteiger partial charge in [-0.1, -0.05) is 17.7 Å². The number of carbonyl (C=O) groups excluding carboxylic acids is 3. The van der Waals surface area contributed by atoms with Gasteiger partial charge in [-0.3, -0.25) is 24.3 Å². The van der Waals surface area contributed by atoms with Gasteiger partial charge in [0.1, 0.15) is 5.75 Å². The number of ether oxygens (including phenoxy) is 1. The molecule has 1 aromatic carbocycles. The highest BCUT2D eigenvalue weighted by Gasteiger charge is 2.35. The molecule has 7 nitrogen and oxygen atoms in total. The fourth-order valence-corrected chi connectivity index (χ4v) is 3.63. The molecule has 2 heterocycles. The predicted octanol–water partition coefficient (Wildman–Crippen LogP) is 3.75. The maximum atomic E-state index is 12.5. The van der Waals surface area contributed by atoms with E-state index in [9.17, 15) is 14.4 Å². The van der Waals surface area contributed by atoms with Crippen LogP contribution in [-0.4, -0.2) is 45.6 Å². The Kier molecular flexibility index (Phi) is 6.79. The third-order valence-electron chi connectivity index (χ3n) is 4.21. The molecule has 1 aromatic heterocycles. The van der Waals surface area contributed by atoms with E-state index in [0.29, 0.717) is 15.7 Å². The summed E-state index contributed by atoms with van der Waals surface area (Å²) in [4.78, 5) is 42.6. The summed E-state index contributed by atoms with van der Waals surface area (Å²) in [6.07, 6.45) is 4.86. The second-order valence-corrected chi connectivity index (χ2v) is 8.37. The van der Waals surface area contributed by atoms with E-state index in [2.05, 4.69) is 10.3 Å². The number of rotatable bonds is 7. The lowest BCUT2D eigenvalue weighted by atomic mass is 10.1. The van der Waals surface area contributed by atoms with E-state index < -0.39 is 5.60 Å². The summed E-state index contributed by atoms with van der Waals surface area (Å²) in [5, 5.41) is 2.91. The van der Waals surface area contributed by atoms with E-state index in [4.69, 9.17) is 16.3 Å². The van der Waals surface area contributed by atoms with Gasteiger partial charge in [-0.15, -0.1) is 0 Å². The van der Waals surface area contributed by atoms with Crippen molar-refractivity contribution in [2.75, 3.05) is 13.1 Å². The van der Waals surface area contributed by atoms with Crippen molar-refractivity contribution in [2.45, 2.75) is 19.4 Å². The lowest BCUT2D eigenvalue weighted by Crippen LogP contribution is -2.48. The Morgan fingerprint density at radius 2 is 2.00 bits per heavy atom. The van der Waals surface area contributed by atoms with Crippen LogP contribution in [0.2, 0.25) is 5.02 Å². The molecule has 2 aromatic rings. The van der Waals surface area contributed by atoms with Crippen molar-refractivity contribution in [3.8, 4) is 5.75 Å². The van der Waals surface area contributed by atoms with Gasteiger partial charge < -0.3 is 10.1 Å². The molecule has 30 heavy (non-hydrogen) atoms. The Balaban J connectivity index is 1.54. The van der Waals surface area contributed by atoms with Crippen LogP contribution in [0.1, 0.15) is 19.4 Å². The fourth-order valence-electron chi connectivity index (χ4n) is 2.64. The minimum absolute atomic E-state index is 0.0673. The smallest absolute Gasteiger partial charge is 0.293 e. The van der Waals surface area contributed by atoms with Gasteiger partial charge in [0.25, 0.3) is 17.1 Å². The number of amides is 3. The van der Waals surface area contributed by atoms with Gasteiger partial charge in [0.05, 0.1) is 4.91 Å². The highest BCUT2D eigenvalue weighted by Crippen LogP contribution is 2.31. The number of thioether (sulfide) groups is 1. The first-order valence-electron chi connectivity index (χ1n) is 9.14. The maximum absolute atomic E-state index is 12.5. The van der Waals surface area contributed by atoms with Crippen LogP contribution in [0.5, 0.6) is 5.75 Å². The van der Waals surface area contributed by atoms with Crippen molar-refractivity contribution >= 4 is 46.5 Å². The van der Waals surface area contributed by atoms with E-state index in [0.717, 1.165) is 22.2 Å². The summed E-state index contributed by atoms with van der Waals surface area (Å²) in [6, 6.07) is 10.2. The number of hydrogen-bond acceptors (Lipinski definition) is 6. The average Bonchev–Trinajstić information content (AvgIpc) is 2.97. The normalized spacial score (nSPS) is 15.6. The molecule has 1 aliphatic rings. The lowest BCUT2D eigenvalue weighted by molar-refractivity contribution is -0.134. The summed E-state index contributed by atoms with van der Waals surface area (Å²) in [7, 11) is 0. The SMILES string of the molecule is CC(C)(Oc1ccc(Cl)cc1)C(=O)NCCN1C(=O)SC(=Cc2cccnc2)C1=O. The van der Waals surface area contributed by atoms with Crippen LogP contribution in [-0.2, 0) is 9.59 Å². The molecule has 3 rings (SSSR count). The molecule has 0 radical (unpaired) electrons. The number of nitrogens with one attached hydrogen (secondary N) is 1. The zero-order valence-corrected chi connectivity index (χ0v) is 18.0. The maximum Gasteiger partial charge on any atom is 0.293 e. The molecule has 9 heteroatoms. The van der Waals surface area contributed by atoms with E-state index >= 15 is 0 Å². The van der Waals surface area contributed by atoms with Crippen LogP contribution < -0.4 is 10.1 Å². The summed E-state index contributed by atoms with van der Waals surface area (Å²) in [5.74, 6) is -0.249. The van der Waals surface area contributed by atoms with Crippen molar-refractivity contribution < 1.29 is 19.1 Å². The first-order chi connectivity index (χ1) is 14.3. The first kappa shape index (κ1) is 21.9. The summed E-state index contributed by atoms with van der Waals surface area (Å²) in [6.45, 7) is 3.45. The number of benzene rings is 1. The summed E-state index contributed by atoms with van der Waals surface area (Å²) >= 11 is 6.72. The molecule has 0 atom stereocenters. The van der Waals surface area contributed by atoms with E-state index in [1.165, 1.54) is 0 Å². The number of halogens is 1. The Morgan fingerprint density at radius 3 is 2.67 bits per heavy atom. The van der Waals surface area contributed by atoms with E-state index in [-0.39, 0.29) is 30.1 Å². The van der Waals surface area contributed by atoms with Crippen molar-refractivity contribution in [3.63, 3.8) is 0 Å². The minimum atomic E-state index is -1.15. The third kappa shape index (κ3) is 5.40. The topological polar surface area (TPSA) is 88.6 Å². The highest BCUT2D eigenvalue weighted by molar-refractivity contribution is 8.18. The molecule has 156 valence electrons. The molecule has 0 aliphatic carbocycles. The number of hydrogen-bond donors (Lipinski definition) is 1. The Morgan fingerprint density at radius 1 is 1.27 bits per heavy atom. The summed E-state index contributed by atoms with van der Waals surface area (Å²) in [5.41, 5.74) is -0.412. The van der Waals surface area contributed by atoms with E-state index in [1.54, 1.807) is 68.7 Å². The zero-order chi connectivity index (χ0) is 21.7. The largest absolute Gasteiger partial charge is 0.478 e. The van der Waals surface area contributed by atoms with Crippen LogP contribution in [0, 0.1) is 0 Å². The Bertz CT molecular complexity index is 978. The molecule has 0 bridgehead atoms. The quantitative estimate of drug-likeness (QED) is 0.653. The molecule has 1 aliphatic heterocycles. The Labute approximate surface area is 183 Å². The van der Waals surface area contributed by atoms with Gasteiger partial charge in [-0.2, -0.15) is 0 Å². The average molecular weight is 446 g/mol. The molecule has 0 unspecified atom stereocenters. The number of pyridine rings is 1. The first-order valence-corrected chi connectivity index (χ1v) is 10.3. The van der Waals surface area contributed by atoms with Crippen molar-refractivity contribution in [3.05, 3.63) is 64.3 Å². The standard InChI is InChI=1S/C21H20ClN3O4S/c1-21(2,29-16-7-5-15(22)6-8-16)19(27)24-10-11-25-18(26)17(30-20(25)28)12-14-4-3-9-23-13-14/h3-9,12-13H,10-11H2,1-2H3,(H,24,27). The predicted molar refractivity (Wildman–Crippen MR) is 116 cm³/mol. The second kappa shape index (κ2) is 9.32. The number of aromatic nitrogens is 1. The molecule has 1 fully saturated rings. The number of carbonyl (C=O) groups is 3. The molecule has 0 saturated carbocycles. The molecular weight excluding hydrogens is 426 g/mol. The lowest BCUT2D eigenvalue weighted by Gasteiger charge is -2.25. The third-order valence-corrected chi connectivity index (χ3v) is 5.37. The minimum Gasteiger partial charge on any atom is -0.478 e. The van der Waals surface area contributed by atoms with Gasteiger partial charge in [0, 0.05) is 30.5 Å². The van der Waals surface area contributed by atoms with Crippen LogP contribution in [0.15, 0.2) is 53.7 Å². The Hall–Kier alpha value is -2.84. The highest BCUT2D eigenvalue weighted by atomic mass is 35.5. The molecule has 3 amide bonds. The number of nitrogens with zero attached hydrogens (tertiary/aromatic N) is 2.